The van der Waals surface area contributed by atoms with Crippen LogP contribution in [0.2, 0.25) is 0 Å². The lowest BCUT2D eigenvalue weighted by atomic mass is 10.2. The minimum absolute atomic E-state index is 0.0471. The van der Waals surface area contributed by atoms with Crippen molar-refractivity contribution in [2.45, 2.75) is 36.7 Å². The van der Waals surface area contributed by atoms with Gasteiger partial charge in [0.2, 0.25) is 0 Å². The van der Waals surface area contributed by atoms with E-state index in [0.717, 1.165) is 46.6 Å². The quantitative estimate of drug-likeness (QED) is 0.330. The molecule has 6 rings (SSSR count). The monoisotopic (exact) mass is 491 g/mol. The van der Waals surface area contributed by atoms with Crippen LogP contribution in [0.3, 0.4) is 0 Å². The summed E-state index contributed by atoms with van der Waals surface area (Å²) in [6, 6.07) is 11.5. The average molecular weight is 492 g/mol. The molecule has 0 saturated carbocycles. The van der Waals surface area contributed by atoms with Gasteiger partial charge < -0.3 is 14.1 Å². The first-order valence-electron chi connectivity index (χ1n) is 11.0. The first-order chi connectivity index (χ1) is 16.7. The molecule has 0 saturated heterocycles. The Morgan fingerprint density at radius 2 is 2.18 bits per heavy atom. The number of ether oxygens (including phenoxy) is 1. The number of nitrogens with zero attached hydrogens (tertiary/aromatic N) is 4. The SMILES string of the molecule is COc1cccc(-c2nnc(SCc3nc4sc5c(c4c(=O)[nH]3)CCC5)n2Cc2ccco2)c1. The summed E-state index contributed by atoms with van der Waals surface area (Å²) >= 11 is 3.13. The fourth-order valence-electron chi connectivity index (χ4n) is 4.32. The van der Waals surface area contributed by atoms with Gasteiger partial charge in [0.05, 0.1) is 31.1 Å². The Morgan fingerprint density at radius 1 is 1.24 bits per heavy atom. The first kappa shape index (κ1) is 21.2. The van der Waals surface area contributed by atoms with E-state index in [0.29, 0.717) is 29.1 Å². The summed E-state index contributed by atoms with van der Waals surface area (Å²) in [5.74, 6) is 3.37. The zero-order chi connectivity index (χ0) is 23.1. The number of fused-ring (bicyclic) bond motifs is 3. The van der Waals surface area contributed by atoms with Crippen LogP contribution in [0.25, 0.3) is 21.6 Å². The topological polar surface area (TPSA) is 98.8 Å². The number of hydrogen-bond donors (Lipinski definition) is 1. The number of furan rings is 1. The maximum atomic E-state index is 12.8. The summed E-state index contributed by atoms with van der Waals surface area (Å²) in [6.45, 7) is 0.482. The van der Waals surface area contributed by atoms with Crippen molar-refractivity contribution in [3.63, 3.8) is 0 Å². The normalized spacial score (nSPS) is 13.0. The van der Waals surface area contributed by atoms with Crippen LogP contribution in [0, 0.1) is 0 Å². The van der Waals surface area contributed by atoms with E-state index in [9.17, 15) is 4.79 Å². The minimum atomic E-state index is -0.0471. The second-order valence-corrected chi connectivity index (χ2v) is 10.1. The van der Waals surface area contributed by atoms with Crippen molar-refractivity contribution in [2.75, 3.05) is 7.11 Å². The highest BCUT2D eigenvalue weighted by molar-refractivity contribution is 7.98. The molecule has 0 unspecified atom stereocenters. The lowest BCUT2D eigenvalue weighted by molar-refractivity contribution is 0.415. The molecule has 0 bridgehead atoms. The lowest BCUT2D eigenvalue weighted by Crippen LogP contribution is -2.11. The predicted molar refractivity (Wildman–Crippen MR) is 132 cm³/mol. The molecule has 4 heterocycles. The zero-order valence-electron chi connectivity index (χ0n) is 18.4. The van der Waals surface area contributed by atoms with Crippen molar-refractivity contribution < 1.29 is 9.15 Å². The second kappa shape index (κ2) is 8.77. The molecule has 10 heteroatoms. The Labute approximate surface area is 203 Å². The van der Waals surface area contributed by atoms with Gasteiger partial charge in [-0.15, -0.1) is 21.5 Å². The number of thioether (sulfide) groups is 1. The number of benzene rings is 1. The van der Waals surface area contributed by atoms with Crippen LogP contribution in [0.1, 0.15) is 28.4 Å². The summed E-state index contributed by atoms with van der Waals surface area (Å²) in [5, 5.41) is 10.4. The van der Waals surface area contributed by atoms with E-state index in [2.05, 4.69) is 15.2 Å². The third-order valence-corrected chi connectivity index (χ3v) is 8.06. The van der Waals surface area contributed by atoms with Gasteiger partial charge in [0.1, 0.15) is 22.2 Å². The van der Waals surface area contributed by atoms with Gasteiger partial charge in [0, 0.05) is 10.4 Å². The van der Waals surface area contributed by atoms with E-state index in [-0.39, 0.29) is 5.56 Å². The van der Waals surface area contributed by atoms with Gasteiger partial charge in [-0.25, -0.2) is 4.98 Å². The Hall–Kier alpha value is -3.37. The van der Waals surface area contributed by atoms with Crippen molar-refractivity contribution in [2.24, 2.45) is 0 Å². The summed E-state index contributed by atoms with van der Waals surface area (Å²) < 4.78 is 13.0. The number of aromatic nitrogens is 5. The Kier molecular flexibility index (Phi) is 5.46. The molecule has 5 aromatic rings. The number of hydrogen-bond acceptors (Lipinski definition) is 8. The van der Waals surface area contributed by atoms with Gasteiger partial charge in [0.15, 0.2) is 11.0 Å². The van der Waals surface area contributed by atoms with Crippen LogP contribution in [0.4, 0.5) is 0 Å². The maximum absolute atomic E-state index is 12.8. The number of H-pyrrole nitrogens is 1. The summed E-state index contributed by atoms with van der Waals surface area (Å²) in [6.07, 6.45) is 4.79. The smallest absolute Gasteiger partial charge is 0.259 e. The van der Waals surface area contributed by atoms with Crippen molar-refractivity contribution in [1.29, 1.82) is 0 Å². The van der Waals surface area contributed by atoms with Crippen molar-refractivity contribution in [3.8, 4) is 17.1 Å². The number of thiophene rings is 1. The Balaban J connectivity index is 1.32. The summed E-state index contributed by atoms with van der Waals surface area (Å²) in [5.41, 5.74) is 2.04. The summed E-state index contributed by atoms with van der Waals surface area (Å²) in [7, 11) is 1.64. The Bertz CT molecular complexity index is 1530. The molecular weight excluding hydrogens is 470 g/mol. The van der Waals surface area contributed by atoms with Crippen molar-refractivity contribution >= 4 is 33.3 Å². The fraction of sp³-hybridized carbons (Fsp3) is 0.250. The van der Waals surface area contributed by atoms with E-state index < -0.39 is 0 Å². The predicted octanol–water partition coefficient (Wildman–Crippen LogP) is 4.67. The highest BCUT2D eigenvalue weighted by atomic mass is 32.2. The number of nitrogens with one attached hydrogen (secondary N) is 1. The molecule has 0 atom stereocenters. The first-order valence-corrected chi connectivity index (χ1v) is 12.8. The molecule has 34 heavy (non-hydrogen) atoms. The molecule has 8 nitrogen and oxygen atoms in total. The third kappa shape index (κ3) is 3.82. The molecular formula is C24H21N5O3S2. The molecule has 0 radical (unpaired) electrons. The largest absolute Gasteiger partial charge is 0.497 e. The van der Waals surface area contributed by atoms with Gasteiger partial charge in [-0.2, -0.15) is 0 Å². The molecule has 1 aliphatic carbocycles. The number of aromatic amines is 1. The molecule has 1 N–H and O–H groups in total. The minimum Gasteiger partial charge on any atom is -0.497 e. The van der Waals surface area contributed by atoms with E-state index in [4.69, 9.17) is 14.1 Å². The molecule has 1 aliphatic rings. The Morgan fingerprint density at radius 3 is 3.03 bits per heavy atom. The maximum Gasteiger partial charge on any atom is 0.259 e. The average Bonchev–Trinajstić information content (AvgIpc) is 3.63. The lowest BCUT2D eigenvalue weighted by Gasteiger charge is -2.09. The van der Waals surface area contributed by atoms with Crippen molar-refractivity contribution in [3.05, 3.63) is 75.0 Å². The van der Waals surface area contributed by atoms with Crippen LogP contribution in [-0.4, -0.2) is 31.8 Å². The van der Waals surface area contributed by atoms with Gasteiger partial charge in [-0.1, -0.05) is 23.9 Å². The molecule has 1 aromatic carbocycles. The van der Waals surface area contributed by atoms with E-state index in [1.165, 1.54) is 22.2 Å². The molecule has 0 amide bonds. The van der Waals surface area contributed by atoms with Crippen molar-refractivity contribution in [1.82, 2.24) is 24.7 Å². The molecule has 172 valence electrons. The van der Waals surface area contributed by atoms with Crippen LogP contribution in [-0.2, 0) is 25.1 Å². The molecule has 0 fully saturated rings. The molecule has 4 aromatic heterocycles. The second-order valence-electron chi connectivity index (χ2n) is 8.04. The van der Waals surface area contributed by atoms with Crippen LogP contribution in [0.5, 0.6) is 5.75 Å². The van der Waals surface area contributed by atoms with Gasteiger partial charge in [0.25, 0.3) is 5.56 Å². The van der Waals surface area contributed by atoms with Crippen LogP contribution < -0.4 is 10.3 Å². The summed E-state index contributed by atoms with van der Waals surface area (Å²) in [4.78, 5) is 22.7. The zero-order valence-corrected chi connectivity index (χ0v) is 20.0. The van der Waals surface area contributed by atoms with E-state index in [1.807, 2.05) is 41.0 Å². The van der Waals surface area contributed by atoms with Gasteiger partial charge >= 0.3 is 0 Å². The molecule has 0 aliphatic heterocycles. The number of rotatable bonds is 7. The molecule has 0 spiro atoms. The standard InChI is InChI=1S/C24H21N5O3S2/c1-31-15-6-2-5-14(11-15)21-27-28-24(29(21)12-16-7-4-10-32-16)33-13-19-25-22(30)20-17-8-3-9-18(17)34-23(20)26-19/h2,4-7,10-11H,3,8-9,12-13H2,1H3,(H,25,26,30). The fourth-order valence-corrected chi connectivity index (χ4v) is 6.41. The van der Waals surface area contributed by atoms with Gasteiger partial charge in [-0.05, 0) is 49.1 Å². The van der Waals surface area contributed by atoms with E-state index >= 15 is 0 Å². The van der Waals surface area contributed by atoms with Gasteiger partial charge in [-0.3, -0.25) is 9.36 Å². The number of aryl methyl sites for hydroxylation is 2. The van der Waals surface area contributed by atoms with E-state index in [1.54, 1.807) is 24.7 Å². The van der Waals surface area contributed by atoms with Crippen LogP contribution in [0.15, 0.2) is 57.0 Å². The third-order valence-electron chi connectivity index (χ3n) is 5.90. The number of methoxy groups -OCH3 is 1. The highest BCUT2D eigenvalue weighted by Gasteiger charge is 2.22. The van der Waals surface area contributed by atoms with Crippen LogP contribution >= 0.6 is 23.1 Å². The highest BCUT2D eigenvalue weighted by Crippen LogP contribution is 2.35.